The quantitative estimate of drug-likeness (QED) is 0.744. The number of aryl methyl sites for hydroxylation is 1. The molecule has 1 aromatic carbocycles. The number of aromatic nitrogens is 3. The van der Waals surface area contributed by atoms with Gasteiger partial charge < -0.3 is 5.73 Å². The van der Waals surface area contributed by atoms with Crippen LogP contribution in [0.5, 0.6) is 0 Å². The average molecular weight is 286 g/mol. The van der Waals surface area contributed by atoms with Gasteiger partial charge in [0, 0.05) is 18.0 Å². The summed E-state index contributed by atoms with van der Waals surface area (Å²) in [5, 5.41) is 5.35. The first-order valence-corrected chi connectivity index (χ1v) is 7.37. The molecule has 0 aliphatic heterocycles. The van der Waals surface area contributed by atoms with Gasteiger partial charge in [0.05, 0.1) is 21.4 Å². The summed E-state index contributed by atoms with van der Waals surface area (Å²) in [6, 6.07) is 6.29. The molecule has 2 heterocycles. The third-order valence-electron chi connectivity index (χ3n) is 3.32. The van der Waals surface area contributed by atoms with E-state index in [0.717, 1.165) is 21.7 Å². The summed E-state index contributed by atoms with van der Waals surface area (Å²) in [5.41, 5.74) is 9.17. The molecule has 2 aromatic heterocycles. The van der Waals surface area contributed by atoms with E-state index in [1.165, 1.54) is 4.70 Å². The lowest BCUT2D eigenvalue weighted by Crippen LogP contribution is -2.09. The van der Waals surface area contributed by atoms with Gasteiger partial charge in [-0.3, -0.25) is 4.68 Å². The fourth-order valence-corrected chi connectivity index (χ4v) is 3.09. The highest BCUT2D eigenvalue weighted by atomic mass is 32.1. The first-order chi connectivity index (χ1) is 9.36. The maximum absolute atomic E-state index is 6.04. The standard InChI is InChI=1S/C15H18N4S/c1-15(2,3)14-18-11-7-9(5-6-12(11)20-14)10-8-17-19(4)13(10)16/h5-8H,16H2,1-4H3. The Labute approximate surface area is 122 Å². The lowest BCUT2D eigenvalue weighted by atomic mass is 9.98. The number of thiazole rings is 1. The van der Waals surface area contributed by atoms with Crippen LogP contribution in [0.25, 0.3) is 21.3 Å². The van der Waals surface area contributed by atoms with Crippen LogP contribution >= 0.6 is 11.3 Å². The molecule has 0 aliphatic rings. The van der Waals surface area contributed by atoms with Gasteiger partial charge in [-0.15, -0.1) is 11.3 Å². The fourth-order valence-electron chi connectivity index (χ4n) is 2.09. The Hall–Kier alpha value is -1.88. The van der Waals surface area contributed by atoms with Crippen molar-refractivity contribution in [1.29, 1.82) is 0 Å². The molecule has 0 saturated carbocycles. The molecule has 0 atom stereocenters. The van der Waals surface area contributed by atoms with Crippen LogP contribution in [0.2, 0.25) is 0 Å². The van der Waals surface area contributed by atoms with Crippen LogP contribution in [0, 0.1) is 0 Å². The van der Waals surface area contributed by atoms with Crippen LogP contribution in [0.4, 0.5) is 5.82 Å². The molecule has 0 spiro atoms. The van der Waals surface area contributed by atoms with Gasteiger partial charge >= 0.3 is 0 Å². The minimum atomic E-state index is 0.0805. The highest BCUT2D eigenvalue weighted by Crippen LogP contribution is 2.34. The Balaban J connectivity index is 2.13. The molecular formula is C15H18N4S. The predicted octanol–water partition coefficient (Wildman–Crippen LogP) is 3.58. The minimum Gasteiger partial charge on any atom is -0.383 e. The Bertz CT molecular complexity index is 777. The van der Waals surface area contributed by atoms with Gasteiger partial charge in [0.1, 0.15) is 5.82 Å². The van der Waals surface area contributed by atoms with Crippen LogP contribution in [-0.4, -0.2) is 14.8 Å². The van der Waals surface area contributed by atoms with E-state index in [0.29, 0.717) is 5.82 Å². The molecule has 0 amide bonds. The maximum atomic E-state index is 6.04. The summed E-state index contributed by atoms with van der Waals surface area (Å²) in [6.45, 7) is 6.56. The molecule has 3 aromatic rings. The van der Waals surface area contributed by atoms with E-state index in [4.69, 9.17) is 10.7 Å². The smallest absolute Gasteiger partial charge is 0.129 e. The highest BCUT2D eigenvalue weighted by Gasteiger charge is 2.19. The maximum Gasteiger partial charge on any atom is 0.129 e. The first kappa shape index (κ1) is 13.1. The number of anilines is 1. The van der Waals surface area contributed by atoms with Crippen molar-refractivity contribution in [1.82, 2.24) is 14.8 Å². The second-order valence-corrected chi connectivity index (χ2v) is 7.05. The molecule has 5 heteroatoms. The van der Waals surface area contributed by atoms with Crippen molar-refractivity contribution in [2.24, 2.45) is 7.05 Å². The van der Waals surface area contributed by atoms with Crippen molar-refractivity contribution in [3.8, 4) is 11.1 Å². The molecule has 0 aliphatic carbocycles. The summed E-state index contributed by atoms with van der Waals surface area (Å²) in [7, 11) is 1.85. The van der Waals surface area contributed by atoms with Crippen LogP contribution in [0.1, 0.15) is 25.8 Å². The van der Waals surface area contributed by atoms with E-state index in [-0.39, 0.29) is 5.41 Å². The second kappa shape index (κ2) is 4.31. The number of nitrogen functional groups attached to an aromatic ring is 1. The van der Waals surface area contributed by atoms with Crippen molar-refractivity contribution in [3.05, 3.63) is 29.4 Å². The van der Waals surface area contributed by atoms with Gasteiger partial charge in [0.25, 0.3) is 0 Å². The van der Waals surface area contributed by atoms with Crippen LogP contribution in [-0.2, 0) is 12.5 Å². The lowest BCUT2D eigenvalue weighted by molar-refractivity contribution is 0.587. The van der Waals surface area contributed by atoms with E-state index in [1.807, 2.05) is 7.05 Å². The summed E-state index contributed by atoms with van der Waals surface area (Å²) in [6.07, 6.45) is 1.80. The zero-order valence-corrected chi connectivity index (χ0v) is 13.0. The third kappa shape index (κ3) is 2.08. The number of fused-ring (bicyclic) bond motifs is 1. The van der Waals surface area contributed by atoms with Gasteiger partial charge in [0.15, 0.2) is 0 Å². The van der Waals surface area contributed by atoms with Crippen molar-refractivity contribution in [3.63, 3.8) is 0 Å². The van der Waals surface area contributed by atoms with Crippen LogP contribution < -0.4 is 5.73 Å². The Morgan fingerprint density at radius 3 is 2.60 bits per heavy atom. The lowest BCUT2D eigenvalue weighted by Gasteiger charge is -2.13. The number of rotatable bonds is 1. The predicted molar refractivity (Wildman–Crippen MR) is 84.9 cm³/mol. The molecule has 3 rings (SSSR count). The average Bonchev–Trinajstić information content (AvgIpc) is 2.93. The number of hydrogen-bond donors (Lipinski definition) is 1. The normalized spacial score (nSPS) is 12.2. The van der Waals surface area contributed by atoms with E-state index in [9.17, 15) is 0 Å². The second-order valence-electron chi connectivity index (χ2n) is 6.02. The third-order valence-corrected chi connectivity index (χ3v) is 4.79. The van der Waals surface area contributed by atoms with Crippen molar-refractivity contribution < 1.29 is 0 Å². The van der Waals surface area contributed by atoms with Gasteiger partial charge in [0.2, 0.25) is 0 Å². The van der Waals surface area contributed by atoms with Gasteiger partial charge in [-0.2, -0.15) is 5.10 Å². The molecule has 20 heavy (non-hydrogen) atoms. The number of nitrogens with two attached hydrogens (primary N) is 1. The monoisotopic (exact) mass is 286 g/mol. The Kier molecular flexibility index (Phi) is 2.83. The van der Waals surface area contributed by atoms with E-state index < -0.39 is 0 Å². The molecule has 104 valence electrons. The van der Waals surface area contributed by atoms with Crippen molar-refractivity contribution in [2.75, 3.05) is 5.73 Å². The molecule has 0 saturated heterocycles. The molecule has 2 N–H and O–H groups in total. The van der Waals surface area contributed by atoms with E-state index in [1.54, 1.807) is 22.2 Å². The van der Waals surface area contributed by atoms with Crippen molar-refractivity contribution in [2.45, 2.75) is 26.2 Å². The number of hydrogen-bond acceptors (Lipinski definition) is 4. The molecule has 0 radical (unpaired) electrons. The zero-order valence-electron chi connectivity index (χ0n) is 12.1. The molecule has 0 fully saturated rings. The zero-order chi connectivity index (χ0) is 14.5. The molecule has 0 bridgehead atoms. The number of benzene rings is 1. The van der Waals surface area contributed by atoms with Gasteiger partial charge in [-0.05, 0) is 17.7 Å². The van der Waals surface area contributed by atoms with Crippen LogP contribution in [0.3, 0.4) is 0 Å². The summed E-state index contributed by atoms with van der Waals surface area (Å²) >= 11 is 1.75. The summed E-state index contributed by atoms with van der Waals surface area (Å²) in [5.74, 6) is 0.677. The molecule has 4 nitrogen and oxygen atoms in total. The van der Waals surface area contributed by atoms with E-state index in [2.05, 4.69) is 44.1 Å². The summed E-state index contributed by atoms with van der Waals surface area (Å²) in [4.78, 5) is 4.76. The molecule has 0 unspecified atom stereocenters. The number of nitrogens with zero attached hydrogens (tertiary/aromatic N) is 3. The topological polar surface area (TPSA) is 56.7 Å². The highest BCUT2D eigenvalue weighted by molar-refractivity contribution is 7.18. The van der Waals surface area contributed by atoms with Crippen LogP contribution in [0.15, 0.2) is 24.4 Å². The van der Waals surface area contributed by atoms with Gasteiger partial charge in [-0.1, -0.05) is 26.8 Å². The first-order valence-electron chi connectivity index (χ1n) is 6.55. The Morgan fingerprint density at radius 1 is 1.25 bits per heavy atom. The van der Waals surface area contributed by atoms with Crippen molar-refractivity contribution >= 4 is 27.4 Å². The SMILES string of the molecule is Cn1ncc(-c2ccc3sc(C(C)(C)C)nc3c2)c1N. The fraction of sp³-hybridized carbons (Fsp3) is 0.333. The van der Waals surface area contributed by atoms with E-state index >= 15 is 0 Å². The minimum absolute atomic E-state index is 0.0805. The van der Waals surface area contributed by atoms with Gasteiger partial charge in [-0.25, -0.2) is 4.98 Å². The largest absolute Gasteiger partial charge is 0.383 e. The molecular weight excluding hydrogens is 268 g/mol. The Morgan fingerprint density at radius 2 is 2.00 bits per heavy atom. The summed E-state index contributed by atoms with van der Waals surface area (Å²) < 4.78 is 2.89.